The lowest BCUT2D eigenvalue weighted by Gasteiger charge is -2.23. The van der Waals surface area contributed by atoms with E-state index in [0.29, 0.717) is 11.0 Å². The summed E-state index contributed by atoms with van der Waals surface area (Å²) in [6, 6.07) is 5.03. The lowest BCUT2D eigenvalue weighted by atomic mass is 10.1. The van der Waals surface area contributed by atoms with E-state index >= 15 is 0 Å². The molecule has 0 atom stereocenters. The molecule has 110 valence electrons. The van der Waals surface area contributed by atoms with Crippen molar-refractivity contribution in [1.29, 1.82) is 0 Å². The van der Waals surface area contributed by atoms with Crippen molar-refractivity contribution in [3.05, 3.63) is 18.2 Å². The van der Waals surface area contributed by atoms with Crippen LogP contribution in [0.5, 0.6) is 0 Å². The lowest BCUT2D eigenvalue weighted by molar-refractivity contribution is 0.427. The van der Waals surface area contributed by atoms with Crippen LogP contribution in [0.4, 0.5) is 0 Å². The maximum atomic E-state index is 12.4. The second-order valence-corrected chi connectivity index (χ2v) is 6.74. The summed E-state index contributed by atoms with van der Waals surface area (Å²) in [5, 5.41) is 3.21. The van der Waals surface area contributed by atoms with Gasteiger partial charge in [-0.25, -0.2) is 13.1 Å². The number of benzene rings is 1. The minimum absolute atomic E-state index is 0. The van der Waals surface area contributed by atoms with Crippen LogP contribution in [0.3, 0.4) is 0 Å². The molecule has 1 aliphatic heterocycles. The highest BCUT2D eigenvalue weighted by Gasteiger charge is 2.24. The van der Waals surface area contributed by atoms with Crippen LogP contribution in [-0.2, 0) is 10.0 Å². The smallest absolute Gasteiger partial charge is 0.243 e. The highest BCUT2D eigenvalue weighted by atomic mass is 35.5. The van der Waals surface area contributed by atoms with Crippen LogP contribution >= 0.6 is 24.1 Å². The van der Waals surface area contributed by atoms with Crippen molar-refractivity contribution in [3.63, 3.8) is 0 Å². The van der Waals surface area contributed by atoms with Gasteiger partial charge in [0.2, 0.25) is 10.0 Å². The van der Waals surface area contributed by atoms with E-state index in [-0.39, 0.29) is 23.3 Å². The molecule has 0 bridgehead atoms. The zero-order valence-corrected chi connectivity index (χ0v) is 13.0. The number of hydrogen-bond donors (Lipinski definition) is 2. The average Bonchev–Trinajstić information content (AvgIpc) is 2.87. The molecular formula is C11H15ClN4O2S2. The summed E-state index contributed by atoms with van der Waals surface area (Å²) in [5.74, 6) is 0. The number of fused-ring (bicyclic) bond motifs is 1. The molecule has 1 saturated heterocycles. The fraction of sp³-hybridized carbons (Fsp3) is 0.455. The predicted octanol–water partition coefficient (Wildman–Crippen LogP) is 1.14. The van der Waals surface area contributed by atoms with Gasteiger partial charge in [-0.2, -0.15) is 8.75 Å². The van der Waals surface area contributed by atoms with Gasteiger partial charge in [-0.3, -0.25) is 0 Å². The third-order valence-corrected chi connectivity index (χ3v) is 5.29. The molecule has 1 fully saturated rings. The van der Waals surface area contributed by atoms with E-state index in [1.54, 1.807) is 18.2 Å². The second-order valence-electron chi connectivity index (χ2n) is 4.53. The van der Waals surface area contributed by atoms with Crippen LogP contribution in [0, 0.1) is 0 Å². The van der Waals surface area contributed by atoms with E-state index in [1.165, 1.54) is 0 Å². The van der Waals surface area contributed by atoms with Gasteiger partial charge in [0.25, 0.3) is 0 Å². The number of hydrogen-bond acceptors (Lipinski definition) is 6. The third-order valence-electron chi connectivity index (χ3n) is 3.20. The van der Waals surface area contributed by atoms with Crippen LogP contribution in [0.2, 0.25) is 0 Å². The highest BCUT2D eigenvalue weighted by molar-refractivity contribution is 7.89. The minimum atomic E-state index is -3.53. The van der Waals surface area contributed by atoms with Crippen LogP contribution in [0.15, 0.2) is 23.1 Å². The summed E-state index contributed by atoms with van der Waals surface area (Å²) in [7, 11) is -3.53. The fourth-order valence-corrected chi connectivity index (χ4v) is 4.29. The summed E-state index contributed by atoms with van der Waals surface area (Å²) >= 11 is 1.03. The summed E-state index contributed by atoms with van der Waals surface area (Å²) in [4.78, 5) is 0.220. The Hall–Kier alpha value is -0.800. The normalized spacial score (nSPS) is 17.0. The van der Waals surface area contributed by atoms with Gasteiger partial charge >= 0.3 is 0 Å². The predicted molar refractivity (Wildman–Crippen MR) is 80.9 cm³/mol. The molecule has 0 spiro atoms. The number of halogens is 1. The SMILES string of the molecule is Cl.O=S(=O)(NC1CCNCC1)c1cccc2nsnc12. The van der Waals surface area contributed by atoms with Crippen molar-refractivity contribution >= 4 is 45.2 Å². The van der Waals surface area contributed by atoms with Crippen LogP contribution in [0.1, 0.15) is 12.8 Å². The van der Waals surface area contributed by atoms with Crippen molar-refractivity contribution < 1.29 is 8.42 Å². The number of nitrogens with zero attached hydrogens (tertiary/aromatic N) is 2. The Morgan fingerprint density at radius 2 is 2.00 bits per heavy atom. The molecule has 2 N–H and O–H groups in total. The Morgan fingerprint density at radius 3 is 2.75 bits per heavy atom. The Labute approximate surface area is 127 Å². The Balaban J connectivity index is 0.00000147. The van der Waals surface area contributed by atoms with Gasteiger partial charge in [-0.05, 0) is 38.1 Å². The fourth-order valence-electron chi connectivity index (χ4n) is 2.22. The third kappa shape index (κ3) is 3.09. The molecule has 0 aliphatic carbocycles. The second kappa shape index (κ2) is 6.31. The first-order chi connectivity index (χ1) is 9.17. The first-order valence-corrected chi connectivity index (χ1v) is 8.32. The molecule has 2 heterocycles. The summed E-state index contributed by atoms with van der Waals surface area (Å²) in [6.45, 7) is 1.69. The molecule has 1 aliphatic rings. The van der Waals surface area contributed by atoms with E-state index < -0.39 is 10.0 Å². The number of nitrogens with one attached hydrogen (secondary N) is 2. The quantitative estimate of drug-likeness (QED) is 0.879. The maximum absolute atomic E-state index is 12.4. The van der Waals surface area contributed by atoms with Crippen molar-refractivity contribution in [2.75, 3.05) is 13.1 Å². The largest absolute Gasteiger partial charge is 0.317 e. The Morgan fingerprint density at radius 1 is 1.25 bits per heavy atom. The highest BCUT2D eigenvalue weighted by Crippen LogP contribution is 2.21. The van der Waals surface area contributed by atoms with Gasteiger partial charge in [0.05, 0.1) is 11.7 Å². The Kier molecular flexibility index (Phi) is 4.92. The molecule has 0 saturated carbocycles. The number of rotatable bonds is 3. The van der Waals surface area contributed by atoms with Crippen molar-refractivity contribution in [1.82, 2.24) is 18.8 Å². The van der Waals surface area contributed by atoms with Crippen molar-refractivity contribution in [2.24, 2.45) is 0 Å². The first-order valence-electron chi connectivity index (χ1n) is 6.11. The average molecular weight is 335 g/mol. The summed E-state index contributed by atoms with van der Waals surface area (Å²) < 4.78 is 35.7. The number of sulfonamides is 1. The summed E-state index contributed by atoms with van der Waals surface area (Å²) in [5.41, 5.74) is 1.08. The standard InChI is InChI=1S/C11H14N4O2S2.ClH/c16-19(17,15-8-4-6-12-7-5-8)10-3-1-2-9-11(10)14-18-13-9;/h1-3,8,12,15H,4-7H2;1H. The minimum Gasteiger partial charge on any atom is -0.317 e. The van der Waals surface area contributed by atoms with Gasteiger partial charge < -0.3 is 5.32 Å². The van der Waals surface area contributed by atoms with Crippen LogP contribution in [-0.4, -0.2) is 36.3 Å². The zero-order valence-electron chi connectivity index (χ0n) is 10.6. The van der Waals surface area contributed by atoms with Gasteiger partial charge in [-0.1, -0.05) is 6.07 Å². The molecule has 1 aromatic heterocycles. The van der Waals surface area contributed by atoms with E-state index in [0.717, 1.165) is 37.7 Å². The van der Waals surface area contributed by atoms with Gasteiger partial charge in [0.15, 0.2) is 0 Å². The number of aromatic nitrogens is 2. The topological polar surface area (TPSA) is 84.0 Å². The molecule has 20 heavy (non-hydrogen) atoms. The molecule has 0 radical (unpaired) electrons. The number of piperidine rings is 1. The maximum Gasteiger partial charge on any atom is 0.243 e. The van der Waals surface area contributed by atoms with Gasteiger partial charge in [-0.15, -0.1) is 12.4 Å². The molecule has 0 amide bonds. The molecular weight excluding hydrogens is 320 g/mol. The monoisotopic (exact) mass is 334 g/mol. The van der Waals surface area contributed by atoms with Gasteiger partial charge in [0.1, 0.15) is 15.9 Å². The molecule has 2 aromatic rings. The molecule has 0 unspecified atom stereocenters. The Bertz CT molecular complexity index is 683. The molecule has 1 aromatic carbocycles. The van der Waals surface area contributed by atoms with Crippen molar-refractivity contribution in [2.45, 2.75) is 23.8 Å². The van der Waals surface area contributed by atoms with E-state index in [4.69, 9.17) is 0 Å². The summed E-state index contributed by atoms with van der Waals surface area (Å²) in [6.07, 6.45) is 1.62. The van der Waals surface area contributed by atoms with Crippen LogP contribution < -0.4 is 10.0 Å². The van der Waals surface area contributed by atoms with Crippen molar-refractivity contribution in [3.8, 4) is 0 Å². The molecule has 6 nitrogen and oxygen atoms in total. The first kappa shape index (κ1) is 15.6. The zero-order chi connectivity index (χ0) is 13.3. The van der Waals surface area contributed by atoms with E-state index in [2.05, 4.69) is 18.8 Å². The molecule has 3 rings (SSSR count). The molecule has 9 heteroatoms. The van der Waals surface area contributed by atoms with E-state index in [1.807, 2.05) is 0 Å². The van der Waals surface area contributed by atoms with Gasteiger partial charge in [0, 0.05) is 6.04 Å². The van der Waals surface area contributed by atoms with Crippen LogP contribution in [0.25, 0.3) is 11.0 Å². The van der Waals surface area contributed by atoms with E-state index in [9.17, 15) is 8.42 Å². The lowest BCUT2D eigenvalue weighted by Crippen LogP contribution is -2.42.